The molecule has 1 amide bonds. The summed E-state index contributed by atoms with van der Waals surface area (Å²) in [5.41, 5.74) is 1.57. The summed E-state index contributed by atoms with van der Waals surface area (Å²) in [6.45, 7) is 1.89. The number of rotatable bonds is 8. The average Bonchev–Trinajstić information content (AvgIpc) is 2.73. The Labute approximate surface area is 169 Å². The second-order valence-electron chi connectivity index (χ2n) is 6.04. The molecule has 0 spiro atoms. The van der Waals surface area contributed by atoms with E-state index in [1.165, 1.54) is 36.7 Å². The molecule has 8 nitrogen and oxygen atoms in total. The van der Waals surface area contributed by atoms with E-state index in [0.29, 0.717) is 11.4 Å². The lowest BCUT2D eigenvalue weighted by atomic mass is 10.2. The third-order valence-electron chi connectivity index (χ3n) is 3.92. The first-order valence-electron chi connectivity index (χ1n) is 8.88. The second-order valence-corrected chi connectivity index (χ2v) is 7.72. The van der Waals surface area contributed by atoms with Crippen molar-refractivity contribution in [2.75, 3.05) is 16.6 Å². The van der Waals surface area contributed by atoms with E-state index in [2.05, 4.69) is 20.0 Å². The number of carbonyl (C=O) groups is 1. The van der Waals surface area contributed by atoms with Gasteiger partial charge in [-0.05, 0) is 54.4 Å². The smallest absolute Gasteiger partial charge is 0.264 e. The molecule has 3 rings (SSSR count). The first-order chi connectivity index (χ1) is 14.0. The first kappa shape index (κ1) is 20.3. The van der Waals surface area contributed by atoms with Crippen molar-refractivity contribution < 1.29 is 17.9 Å². The number of nitrogens with zero attached hydrogens (tertiary/aromatic N) is 2. The number of ether oxygens (including phenoxy) is 1. The molecule has 0 atom stereocenters. The van der Waals surface area contributed by atoms with E-state index >= 15 is 0 Å². The molecule has 0 aliphatic heterocycles. The zero-order valence-corrected chi connectivity index (χ0v) is 16.5. The van der Waals surface area contributed by atoms with Crippen LogP contribution in [-0.4, -0.2) is 30.9 Å². The first-order valence-corrected chi connectivity index (χ1v) is 10.4. The lowest BCUT2D eigenvalue weighted by Crippen LogP contribution is -2.20. The summed E-state index contributed by atoms with van der Waals surface area (Å²) in [5, 5.41) is 2.67. The number of sulfonamides is 1. The molecule has 29 heavy (non-hydrogen) atoms. The van der Waals surface area contributed by atoms with Crippen molar-refractivity contribution in [3.05, 3.63) is 72.6 Å². The molecular weight excluding hydrogens is 392 g/mol. The predicted octanol–water partition coefficient (Wildman–Crippen LogP) is 2.86. The molecule has 0 bridgehead atoms. The fraction of sp³-hybridized carbons (Fsp3) is 0.150. The van der Waals surface area contributed by atoms with Crippen LogP contribution in [0, 0.1) is 0 Å². The van der Waals surface area contributed by atoms with E-state index in [-0.39, 0.29) is 23.4 Å². The highest BCUT2D eigenvalue weighted by molar-refractivity contribution is 7.92. The van der Waals surface area contributed by atoms with Crippen LogP contribution in [0.2, 0.25) is 0 Å². The van der Waals surface area contributed by atoms with Gasteiger partial charge in [-0.2, -0.15) is 0 Å². The third kappa shape index (κ3) is 5.76. The quantitative estimate of drug-likeness (QED) is 0.589. The van der Waals surface area contributed by atoms with Crippen LogP contribution in [0.1, 0.15) is 12.5 Å². The van der Waals surface area contributed by atoms with Gasteiger partial charge in [-0.1, -0.05) is 19.1 Å². The van der Waals surface area contributed by atoms with Crippen LogP contribution in [0.25, 0.3) is 0 Å². The standard InChI is InChI=1S/C20H20N4O4S/c1-2-15-5-3-6-17(13-15)28-14-19(25)23-16-7-9-18(10-8-16)29(26,27)24-20-21-11-4-12-22-20/h3-13H,2,14H2,1H3,(H,23,25)(H,21,22,24). The van der Waals surface area contributed by atoms with Crippen LogP contribution >= 0.6 is 0 Å². The Hall–Kier alpha value is -3.46. The zero-order chi connectivity index (χ0) is 20.7. The molecule has 2 N–H and O–H groups in total. The van der Waals surface area contributed by atoms with Crippen LogP contribution in [0.5, 0.6) is 5.75 Å². The average molecular weight is 412 g/mol. The van der Waals surface area contributed by atoms with Crippen LogP contribution < -0.4 is 14.8 Å². The molecule has 3 aromatic rings. The minimum absolute atomic E-state index is 0.0193. The van der Waals surface area contributed by atoms with Gasteiger partial charge in [0.1, 0.15) is 5.75 Å². The molecule has 0 aliphatic carbocycles. The number of hydrogen-bond acceptors (Lipinski definition) is 6. The normalized spacial score (nSPS) is 10.9. The van der Waals surface area contributed by atoms with Crippen LogP contribution in [0.4, 0.5) is 11.6 Å². The van der Waals surface area contributed by atoms with Crippen molar-refractivity contribution in [2.45, 2.75) is 18.2 Å². The van der Waals surface area contributed by atoms with Gasteiger partial charge in [0, 0.05) is 18.1 Å². The van der Waals surface area contributed by atoms with Crippen molar-refractivity contribution in [1.29, 1.82) is 0 Å². The van der Waals surface area contributed by atoms with Gasteiger partial charge in [0.2, 0.25) is 5.95 Å². The zero-order valence-electron chi connectivity index (χ0n) is 15.7. The van der Waals surface area contributed by atoms with Gasteiger partial charge in [0.05, 0.1) is 4.90 Å². The predicted molar refractivity (Wildman–Crippen MR) is 109 cm³/mol. The number of hydrogen-bond donors (Lipinski definition) is 2. The fourth-order valence-electron chi connectivity index (χ4n) is 2.45. The number of anilines is 2. The Bertz CT molecular complexity index is 1070. The monoisotopic (exact) mass is 412 g/mol. The Morgan fingerprint density at radius 1 is 1.03 bits per heavy atom. The molecule has 150 valence electrons. The number of carbonyl (C=O) groups excluding carboxylic acids is 1. The van der Waals surface area contributed by atoms with Gasteiger partial charge in [-0.3, -0.25) is 4.79 Å². The van der Waals surface area contributed by atoms with Gasteiger partial charge in [-0.15, -0.1) is 0 Å². The lowest BCUT2D eigenvalue weighted by molar-refractivity contribution is -0.118. The molecule has 0 saturated carbocycles. The van der Waals surface area contributed by atoms with Gasteiger partial charge >= 0.3 is 0 Å². The van der Waals surface area contributed by atoms with Crippen molar-refractivity contribution in [1.82, 2.24) is 9.97 Å². The maximum atomic E-state index is 12.3. The summed E-state index contributed by atoms with van der Waals surface area (Å²) in [4.78, 5) is 19.8. The minimum Gasteiger partial charge on any atom is -0.484 e. The summed E-state index contributed by atoms with van der Waals surface area (Å²) in [7, 11) is -3.82. The van der Waals surface area contributed by atoms with E-state index in [1.807, 2.05) is 25.1 Å². The number of aryl methyl sites for hydroxylation is 1. The van der Waals surface area contributed by atoms with Gasteiger partial charge in [0.25, 0.3) is 15.9 Å². The van der Waals surface area contributed by atoms with E-state index in [9.17, 15) is 13.2 Å². The van der Waals surface area contributed by atoms with Gasteiger partial charge < -0.3 is 10.1 Å². The highest BCUT2D eigenvalue weighted by Gasteiger charge is 2.15. The number of amides is 1. The Kier molecular flexibility index (Phi) is 6.40. The summed E-state index contributed by atoms with van der Waals surface area (Å²) in [6, 6.07) is 14.9. The molecular formula is C20H20N4O4S. The van der Waals surface area contributed by atoms with Crippen LogP contribution in [-0.2, 0) is 21.2 Å². The molecule has 0 unspecified atom stereocenters. The van der Waals surface area contributed by atoms with E-state index in [1.54, 1.807) is 12.1 Å². The lowest BCUT2D eigenvalue weighted by Gasteiger charge is -2.10. The van der Waals surface area contributed by atoms with E-state index in [0.717, 1.165) is 12.0 Å². The Morgan fingerprint density at radius 2 is 1.76 bits per heavy atom. The van der Waals surface area contributed by atoms with Crippen molar-refractivity contribution >= 4 is 27.6 Å². The second kappa shape index (κ2) is 9.16. The largest absolute Gasteiger partial charge is 0.484 e. The highest BCUT2D eigenvalue weighted by Crippen LogP contribution is 2.17. The van der Waals surface area contributed by atoms with E-state index < -0.39 is 10.0 Å². The van der Waals surface area contributed by atoms with Crippen LogP contribution in [0.3, 0.4) is 0 Å². The van der Waals surface area contributed by atoms with Crippen LogP contribution in [0.15, 0.2) is 71.9 Å². The fourth-order valence-corrected chi connectivity index (χ4v) is 3.41. The summed E-state index contributed by atoms with van der Waals surface area (Å²) in [5.74, 6) is 0.252. The SMILES string of the molecule is CCc1cccc(OCC(=O)Nc2ccc(S(=O)(=O)Nc3ncccn3)cc2)c1. The highest BCUT2D eigenvalue weighted by atomic mass is 32.2. The minimum atomic E-state index is -3.82. The molecule has 2 aromatic carbocycles. The summed E-state index contributed by atoms with van der Waals surface area (Å²) < 4.78 is 32.5. The van der Waals surface area contributed by atoms with Crippen molar-refractivity contribution in [2.24, 2.45) is 0 Å². The number of nitrogens with one attached hydrogen (secondary N) is 2. The Morgan fingerprint density at radius 3 is 2.45 bits per heavy atom. The summed E-state index contributed by atoms with van der Waals surface area (Å²) >= 11 is 0. The van der Waals surface area contributed by atoms with Gasteiger partial charge in [0.15, 0.2) is 6.61 Å². The molecule has 9 heteroatoms. The molecule has 0 radical (unpaired) electrons. The molecule has 0 saturated heterocycles. The molecule has 0 fully saturated rings. The maximum Gasteiger partial charge on any atom is 0.264 e. The Balaban J connectivity index is 1.57. The van der Waals surface area contributed by atoms with Crippen molar-refractivity contribution in [3.63, 3.8) is 0 Å². The topological polar surface area (TPSA) is 110 Å². The van der Waals surface area contributed by atoms with Crippen molar-refractivity contribution in [3.8, 4) is 5.75 Å². The number of benzene rings is 2. The summed E-state index contributed by atoms with van der Waals surface area (Å²) in [6.07, 6.45) is 3.75. The molecule has 1 aromatic heterocycles. The van der Waals surface area contributed by atoms with Gasteiger partial charge in [-0.25, -0.2) is 23.1 Å². The number of aromatic nitrogens is 2. The molecule has 0 aliphatic rings. The van der Waals surface area contributed by atoms with E-state index in [4.69, 9.17) is 4.74 Å². The third-order valence-corrected chi connectivity index (χ3v) is 5.26. The molecule has 1 heterocycles. The maximum absolute atomic E-state index is 12.3.